The topological polar surface area (TPSA) is 89.5 Å². The molecule has 0 spiro atoms. The van der Waals surface area contributed by atoms with Gasteiger partial charge in [-0.15, -0.1) is 0 Å². The summed E-state index contributed by atoms with van der Waals surface area (Å²) in [7, 11) is -4.44. The molecule has 1 heterocycles. The Hall–Kier alpha value is -1.52. The van der Waals surface area contributed by atoms with Crippen LogP contribution in [0, 0.1) is 0 Å². The predicted octanol–water partition coefficient (Wildman–Crippen LogP) is 1.44. The van der Waals surface area contributed by atoms with E-state index in [1.165, 1.54) is 0 Å². The van der Waals surface area contributed by atoms with Gasteiger partial charge in [0.1, 0.15) is 6.09 Å². The fraction of sp³-hybridized carbons (Fsp3) is 0.462. The monoisotopic (exact) mass is 385 g/mol. The van der Waals surface area contributed by atoms with Crippen molar-refractivity contribution in [3.63, 3.8) is 0 Å². The van der Waals surface area contributed by atoms with Gasteiger partial charge in [-0.3, -0.25) is 0 Å². The predicted molar refractivity (Wildman–Crippen MR) is 76.8 cm³/mol. The highest BCUT2D eigenvalue weighted by atomic mass is 35.5. The molecule has 24 heavy (non-hydrogen) atoms. The Morgan fingerprint density at radius 2 is 1.88 bits per heavy atom. The van der Waals surface area contributed by atoms with Crippen molar-refractivity contribution in [2.24, 2.45) is 0 Å². The molecular formula is C13H13ClF3N2O4S-. The van der Waals surface area contributed by atoms with E-state index in [1.54, 1.807) is 0 Å². The molecule has 1 saturated heterocycles. The zero-order chi connectivity index (χ0) is 18.1. The normalized spacial score (nSPS) is 17.1. The van der Waals surface area contributed by atoms with Crippen LogP contribution in [0.2, 0.25) is 5.02 Å². The number of piperidine rings is 1. The lowest BCUT2D eigenvalue weighted by molar-refractivity contribution is -0.266. The molecule has 6 nitrogen and oxygen atoms in total. The van der Waals surface area contributed by atoms with Crippen LogP contribution in [0.25, 0.3) is 0 Å². The van der Waals surface area contributed by atoms with Crippen molar-refractivity contribution in [3.8, 4) is 0 Å². The van der Waals surface area contributed by atoms with Crippen LogP contribution >= 0.6 is 11.6 Å². The molecule has 0 radical (unpaired) electrons. The SMILES string of the molecule is O=C([O-])N1CCC(NS(=O)(=O)c2ccc(Cl)cc2C(F)(F)F)CC1. The Morgan fingerprint density at radius 1 is 1.29 bits per heavy atom. The molecule has 11 heteroatoms. The number of hydrogen-bond donors (Lipinski definition) is 1. The van der Waals surface area contributed by atoms with Gasteiger partial charge < -0.3 is 14.8 Å². The van der Waals surface area contributed by atoms with Gasteiger partial charge in [0.15, 0.2) is 0 Å². The molecule has 1 aliphatic rings. The van der Waals surface area contributed by atoms with E-state index in [9.17, 15) is 31.5 Å². The molecule has 0 atom stereocenters. The number of rotatable bonds is 3. The summed E-state index contributed by atoms with van der Waals surface area (Å²) < 4.78 is 65.9. The Balaban J connectivity index is 2.22. The molecule has 2 rings (SSSR count). The van der Waals surface area contributed by atoms with Crippen LogP contribution < -0.4 is 9.83 Å². The van der Waals surface area contributed by atoms with Crippen molar-refractivity contribution in [1.29, 1.82) is 0 Å². The van der Waals surface area contributed by atoms with Gasteiger partial charge in [0.25, 0.3) is 0 Å². The maximum atomic E-state index is 13.0. The number of nitrogens with one attached hydrogen (secondary N) is 1. The number of benzene rings is 1. The number of carboxylic acid groups (broad SMARTS) is 1. The van der Waals surface area contributed by atoms with Gasteiger partial charge in [0.2, 0.25) is 10.0 Å². The quantitative estimate of drug-likeness (QED) is 0.852. The largest absolute Gasteiger partial charge is 0.530 e. The van der Waals surface area contributed by atoms with Crippen molar-refractivity contribution < 1.29 is 31.5 Å². The number of hydrogen-bond acceptors (Lipinski definition) is 4. The van der Waals surface area contributed by atoms with Crippen LogP contribution in [0.3, 0.4) is 0 Å². The van der Waals surface area contributed by atoms with Gasteiger partial charge in [-0.05, 0) is 31.0 Å². The molecular weight excluding hydrogens is 373 g/mol. The minimum Gasteiger partial charge on any atom is -0.530 e. The van der Waals surface area contributed by atoms with E-state index < -0.39 is 38.8 Å². The van der Waals surface area contributed by atoms with Gasteiger partial charge in [-0.25, -0.2) is 13.1 Å². The fourth-order valence-electron chi connectivity index (χ4n) is 2.42. The van der Waals surface area contributed by atoms with Crippen molar-refractivity contribution in [1.82, 2.24) is 9.62 Å². The molecule has 1 fully saturated rings. The van der Waals surface area contributed by atoms with E-state index in [-0.39, 0.29) is 31.0 Å². The number of amides is 1. The Bertz CT molecular complexity index is 731. The zero-order valence-corrected chi connectivity index (χ0v) is 13.7. The van der Waals surface area contributed by atoms with E-state index in [2.05, 4.69) is 4.72 Å². The Labute approximate surface area is 141 Å². The van der Waals surface area contributed by atoms with Crippen LogP contribution in [-0.2, 0) is 16.2 Å². The lowest BCUT2D eigenvalue weighted by Gasteiger charge is -2.33. The smallest absolute Gasteiger partial charge is 0.417 e. The van der Waals surface area contributed by atoms with Crippen LogP contribution in [0.5, 0.6) is 0 Å². The highest BCUT2D eigenvalue weighted by Crippen LogP contribution is 2.36. The lowest BCUT2D eigenvalue weighted by atomic mass is 10.1. The first-order chi connectivity index (χ1) is 11.0. The van der Waals surface area contributed by atoms with Gasteiger partial charge in [0.05, 0.1) is 10.5 Å². The number of carbonyl (C=O) groups is 1. The van der Waals surface area contributed by atoms with E-state index in [0.717, 1.165) is 17.0 Å². The molecule has 1 N–H and O–H groups in total. The standard InChI is InChI=1S/C13H14ClF3N2O4S/c14-8-1-2-11(10(7-8)13(15,16)17)24(22,23)18-9-3-5-19(6-4-9)12(20)21/h1-2,7,9,18H,3-6H2,(H,20,21)/p-1. The molecule has 0 bridgehead atoms. The van der Waals surface area contributed by atoms with E-state index >= 15 is 0 Å². The second kappa shape index (κ2) is 6.77. The summed E-state index contributed by atoms with van der Waals surface area (Å²) in [5.74, 6) is 0. The third-order valence-corrected chi connectivity index (χ3v) is 5.43. The molecule has 0 unspecified atom stereocenters. The van der Waals surface area contributed by atoms with Crippen LogP contribution in [0.4, 0.5) is 18.0 Å². The molecule has 0 aromatic heterocycles. The lowest BCUT2D eigenvalue weighted by Crippen LogP contribution is -2.50. The van der Waals surface area contributed by atoms with Crippen LogP contribution in [-0.4, -0.2) is 38.5 Å². The highest BCUT2D eigenvalue weighted by Gasteiger charge is 2.38. The molecule has 1 aromatic carbocycles. The van der Waals surface area contributed by atoms with Crippen LogP contribution in [0.15, 0.2) is 23.1 Å². The number of halogens is 4. The third kappa shape index (κ3) is 4.31. The molecule has 1 aliphatic heterocycles. The van der Waals surface area contributed by atoms with Crippen molar-refractivity contribution >= 4 is 27.7 Å². The van der Waals surface area contributed by atoms with Crippen LogP contribution in [0.1, 0.15) is 18.4 Å². The first-order valence-corrected chi connectivity index (χ1v) is 8.72. The molecule has 0 saturated carbocycles. The van der Waals surface area contributed by atoms with E-state index in [1.807, 2.05) is 0 Å². The fourth-order valence-corrected chi connectivity index (χ4v) is 4.11. The van der Waals surface area contributed by atoms with E-state index in [4.69, 9.17) is 11.6 Å². The number of sulfonamides is 1. The summed E-state index contributed by atoms with van der Waals surface area (Å²) in [4.78, 5) is 10.8. The second-order valence-corrected chi connectivity index (χ2v) is 7.41. The maximum Gasteiger partial charge on any atom is 0.417 e. The molecule has 134 valence electrons. The summed E-state index contributed by atoms with van der Waals surface area (Å²) in [5.41, 5.74) is -1.35. The van der Waals surface area contributed by atoms with Gasteiger partial charge in [0, 0.05) is 24.2 Å². The van der Waals surface area contributed by atoms with Gasteiger partial charge in [-0.1, -0.05) is 11.6 Å². The summed E-state index contributed by atoms with van der Waals surface area (Å²) in [6.07, 6.45) is -5.97. The Morgan fingerprint density at radius 3 is 2.38 bits per heavy atom. The average molecular weight is 386 g/mol. The van der Waals surface area contributed by atoms with Crippen molar-refractivity contribution in [3.05, 3.63) is 28.8 Å². The first kappa shape index (κ1) is 18.8. The minimum absolute atomic E-state index is 0.0439. The average Bonchev–Trinajstić information content (AvgIpc) is 2.46. The number of carbonyl (C=O) groups excluding carboxylic acids is 1. The van der Waals surface area contributed by atoms with Crippen molar-refractivity contribution in [2.45, 2.75) is 30.0 Å². The first-order valence-electron chi connectivity index (χ1n) is 6.86. The second-order valence-electron chi connectivity index (χ2n) is 5.29. The summed E-state index contributed by atoms with van der Waals surface area (Å²) >= 11 is 5.53. The zero-order valence-electron chi connectivity index (χ0n) is 12.1. The maximum absolute atomic E-state index is 13.0. The molecule has 1 amide bonds. The number of nitrogens with zero attached hydrogens (tertiary/aromatic N) is 1. The molecule has 1 aromatic rings. The minimum atomic E-state index is -4.88. The highest BCUT2D eigenvalue weighted by molar-refractivity contribution is 7.89. The summed E-state index contributed by atoms with van der Waals surface area (Å²) in [6.45, 7) is 0.0878. The third-order valence-electron chi connectivity index (χ3n) is 3.61. The summed E-state index contributed by atoms with van der Waals surface area (Å²) in [6, 6.07) is 1.74. The number of alkyl halides is 3. The van der Waals surface area contributed by atoms with Crippen molar-refractivity contribution in [2.75, 3.05) is 13.1 Å². The van der Waals surface area contributed by atoms with Gasteiger partial charge in [-0.2, -0.15) is 13.2 Å². The molecule has 0 aliphatic carbocycles. The Kier molecular flexibility index (Phi) is 5.31. The number of likely N-dealkylation sites (tertiary alicyclic amines) is 1. The van der Waals surface area contributed by atoms with Gasteiger partial charge >= 0.3 is 6.18 Å². The van der Waals surface area contributed by atoms with E-state index in [0.29, 0.717) is 6.07 Å². The summed E-state index contributed by atoms with van der Waals surface area (Å²) in [5, 5.41) is 10.5.